The van der Waals surface area contributed by atoms with Crippen molar-refractivity contribution in [3.8, 4) is 0 Å². The lowest BCUT2D eigenvalue weighted by Gasteiger charge is -2.16. The maximum atomic E-state index is 13.7. The van der Waals surface area contributed by atoms with E-state index in [0.717, 1.165) is 55.2 Å². The van der Waals surface area contributed by atoms with E-state index in [9.17, 15) is 9.59 Å². The highest BCUT2D eigenvalue weighted by Gasteiger charge is 2.12. The predicted molar refractivity (Wildman–Crippen MR) is 233 cm³/mol. The van der Waals surface area contributed by atoms with Crippen LogP contribution in [0, 0.1) is 0 Å². The molecular weight excluding hydrogens is 685 g/mol. The Labute approximate surface area is 328 Å². The molecule has 2 N–H and O–H groups in total. The van der Waals surface area contributed by atoms with Gasteiger partial charge < -0.3 is 10.6 Å². The first-order valence-corrected chi connectivity index (χ1v) is 19.4. The van der Waals surface area contributed by atoms with Gasteiger partial charge in [0.2, 0.25) is 0 Å². The molecule has 0 aliphatic heterocycles. The molecule has 0 fully saturated rings. The molecule has 0 aliphatic carbocycles. The monoisotopic (exact) mass is 728 g/mol. The van der Waals surface area contributed by atoms with Gasteiger partial charge in [0.05, 0.1) is 0 Å². The highest BCUT2D eigenvalue weighted by Crippen LogP contribution is 2.24. The van der Waals surface area contributed by atoms with Gasteiger partial charge in [0.25, 0.3) is 0 Å². The van der Waals surface area contributed by atoms with E-state index in [-0.39, 0.29) is 11.6 Å². The third-order valence-electron chi connectivity index (χ3n) is 10.5. The average molecular weight is 729 g/mol. The predicted octanol–water partition coefficient (Wildman–Crippen LogP) is 10.7. The lowest BCUT2D eigenvalue weighted by Crippen LogP contribution is -2.29. The molecule has 0 spiro atoms. The van der Waals surface area contributed by atoms with Crippen LogP contribution in [0.1, 0.15) is 22.3 Å². The second kappa shape index (κ2) is 17.1. The van der Waals surface area contributed by atoms with Crippen LogP contribution in [0.4, 0.5) is 0 Å². The fourth-order valence-corrected chi connectivity index (χ4v) is 7.84. The SMILES string of the molecule is O=C(C=C(Cc1cccc2ccccc12)NCCNC(=CC(=O)Cc1cccc2ccccc12)Cc1cccc2ccccc12)Cc1cccc2ccccc12. The van der Waals surface area contributed by atoms with Crippen molar-refractivity contribution in [2.24, 2.45) is 0 Å². The van der Waals surface area contributed by atoms with Crippen LogP contribution >= 0.6 is 0 Å². The summed E-state index contributed by atoms with van der Waals surface area (Å²) in [7, 11) is 0. The van der Waals surface area contributed by atoms with E-state index in [2.05, 4.69) is 132 Å². The van der Waals surface area contributed by atoms with Crippen LogP contribution in [-0.2, 0) is 35.3 Å². The van der Waals surface area contributed by atoms with Crippen LogP contribution in [0.25, 0.3) is 43.1 Å². The highest BCUT2D eigenvalue weighted by atomic mass is 16.1. The first-order chi connectivity index (χ1) is 27.6. The minimum atomic E-state index is 0.0487. The molecule has 0 bridgehead atoms. The molecule has 4 heteroatoms. The second-order valence-corrected chi connectivity index (χ2v) is 14.4. The normalized spacial score (nSPS) is 12.0. The molecule has 4 nitrogen and oxygen atoms in total. The zero-order valence-electron chi connectivity index (χ0n) is 31.4. The molecule has 0 amide bonds. The Morgan fingerprint density at radius 3 is 0.929 bits per heavy atom. The fraction of sp³-hybridized carbons (Fsp3) is 0.115. The summed E-state index contributed by atoms with van der Waals surface area (Å²) < 4.78 is 0. The van der Waals surface area contributed by atoms with Gasteiger partial charge in [-0.1, -0.05) is 170 Å². The van der Waals surface area contributed by atoms with Crippen molar-refractivity contribution < 1.29 is 9.59 Å². The Morgan fingerprint density at radius 2 is 0.607 bits per heavy atom. The summed E-state index contributed by atoms with van der Waals surface area (Å²) in [6, 6.07) is 58.1. The number of hydrogen-bond donors (Lipinski definition) is 2. The largest absolute Gasteiger partial charge is 0.386 e. The van der Waals surface area contributed by atoms with Crippen molar-refractivity contribution in [3.63, 3.8) is 0 Å². The van der Waals surface area contributed by atoms with Crippen LogP contribution in [0.2, 0.25) is 0 Å². The molecule has 8 aromatic carbocycles. The number of carbonyl (C=O) groups is 2. The zero-order chi connectivity index (χ0) is 38.1. The smallest absolute Gasteiger partial charge is 0.161 e. The summed E-state index contributed by atoms with van der Waals surface area (Å²) in [4.78, 5) is 27.5. The molecule has 274 valence electrons. The van der Waals surface area contributed by atoms with Gasteiger partial charge in [0.1, 0.15) is 0 Å². The van der Waals surface area contributed by atoms with Crippen LogP contribution in [0.3, 0.4) is 0 Å². The van der Waals surface area contributed by atoms with Gasteiger partial charge >= 0.3 is 0 Å². The number of ketones is 2. The molecule has 0 saturated heterocycles. The third-order valence-corrected chi connectivity index (χ3v) is 10.5. The molecule has 0 atom stereocenters. The molecule has 0 heterocycles. The number of fused-ring (bicyclic) bond motifs is 4. The molecule has 8 aromatic rings. The van der Waals surface area contributed by atoms with E-state index < -0.39 is 0 Å². The summed E-state index contributed by atoms with van der Waals surface area (Å²) in [6.07, 6.45) is 5.37. The number of benzene rings is 8. The Bertz CT molecular complexity index is 2550. The number of hydrogen-bond acceptors (Lipinski definition) is 4. The van der Waals surface area contributed by atoms with E-state index in [1.165, 1.54) is 21.5 Å². The first-order valence-electron chi connectivity index (χ1n) is 19.4. The molecule has 56 heavy (non-hydrogen) atoms. The number of allylic oxidation sites excluding steroid dienone is 4. The van der Waals surface area contributed by atoms with Crippen LogP contribution in [0.15, 0.2) is 193 Å². The standard InChI is InChI=1S/C52H44N2O2/c55-47(33-43-23-11-19-39-15-3-7-27-51(39)43)35-45(31-41-21-9-17-37-13-1-5-25-49(37)41)53-29-30-54-46(32-42-22-10-18-38-14-2-6-26-50(38)42)36-48(56)34-44-24-12-20-40-16-4-8-28-52(40)44/h1-28,35-36,53-54H,29-34H2. The minimum absolute atomic E-state index is 0.0487. The molecule has 0 aromatic heterocycles. The summed E-state index contributed by atoms with van der Waals surface area (Å²) >= 11 is 0. The van der Waals surface area contributed by atoms with Gasteiger partial charge in [0, 0.05) is 62.3 Å². The fourth-order valence-electron chi connectivity index (χ4n) is 7.84. The molecule has 0 radical (unpaired) electrons. The van der Waals surface area contributed by atoms with Gasteiger partial charge in [-0.05, 0) is 65.3 Å². The first kappa shape index (κ1) is 36.2. The van der Waals surface area contributed by atoms with E-state index >= 15 is 0 Å². The van der Waals surface area contributed by atoms with Crippen molar-refractivity contribution in [1.82, 2.24) is 10.6 Å². The molecular formula is C52H44N2O2. The lowest BCUT2D eigenvalue weighted by molar-refractivity contribution is -0.114. The molecule has 0 unspecified atom stereocenters. The molecule has 0 aliphatic rings. The number of rotatable bonds is 15. The second-order valence-electron chi connectivity index (χ2n) is 14.4. The van der Waals surface area contributed by atoms with Crippen molar-refractivity contribution in [1.29, 1.82) is 0 Å². The van der Waals surface area contributed by atoms with Crippen molar-refractivity contribution in [2.45, 2.75) is 25.7 Å². The van der Waals surface area contributed by atoms with Crippen molar-refractivity contribution in [3.05, 3.63) is 216 Å². The van der Waals surface area contributed by atoms with Gasteiger partial charge in [-0.2, -0.15) is 0 Å². The number of carbonyl (C=O) groups excluding carboxylic acids is 2. The maximum Gasteiger partial charge on any atom is 0.161 e. The summed E-state index contributed by atoms with van der Waals surface area (Å²) in [6.45, 7) is 1.12. The summed E-state index contributed by atoms with van der Waals surface area (Å²) in [5.74, 6) is 0.0974. The van der Waals surface area contributed by atoms with E-state index in [1.54, 1.807) is 12.2 Å². The van der Waals surface area contributed by atoms with Crippen molar-refractivity contribution >= 4 is 54.7 Å². The summed E-state index contributed by atoms with van der Waals surface area (Å²) in [5, 5.41) is 16.4. The van der Waals surface area contributed by atoms with Gasteiger partial charge in [-0.25, -0.2) is 0 Å². The molecule has 8 rings (SSSR count). The highest BCUT2D eigenvalue weighted by molar-refractivity contribution is 5.97. The maximum absolute atomic E-state index is 13.7. The molecule has 0 saturated carbocycles. The van der Waals surface area contributed by atoms with E-state index in [1.807, 2.05) is 48.5 Å². The van der Waals surface area contributed by atoms with Gasteiger partial charge in [-0.3, -0.25) is 9.59 Å². The topological polar surface area (TPSA) is 58.2 Å². The zero-order valence-corrected chi connectivity index (χ0v) is 31.4. The van der Waals surface area contributed by atoms with Crippen LogP contribution < -0.4 is 10.6 Å². The number of nitrogens with one attached hydrogen (secondary N) is 2. The van der Waals surface area contributed by atoms with E-state index in [0.29, 0.717) is 38.8 Å². The van der Waals surface area contributed by atoms with E-state index in [4.69, 9.17) is 0 Å². The van der Waals surface area contributed by atoms with Crippen molar-refractivity contribution in [2.75, 3.05) is 13.1 Å². The Balaban J connectivity index is 1.03. The minimum Gasteiger partial charge on any atom is -0.386 e. The average Bonchev–Trinajstić information content (AvgIpc) is 3.23. The summed E-state index contributed by atoms with van der Waals surface area (Å²) in [5.41, 5.74) is 6.07. The lowest BCUT2D eigenvalue weighted by atomic mass is 9.98. The Kier molecular flexibility index (Phi) is 11.1. The Morgan fingerprint density at radius 1 is 0.339 bits per heavy atom. The van der Waals surface area contributed by atoms with Crippen LogP contribution in [-0.4, -0.2) is 24.7 Å². The Hall–Kier alpha value is -6.78. The third kappa shape index (κ3) is 8.61. The van der Waals surface area contributed by atoms with Gasteiger partial charge in [0.15, 0.2) is 11.6 Å². The van der Waals surface area contributed by atoms with Crippen LogP contribution in [0.5, 0.6) is 0 Å². The van der Waals surface area contributed by atoms with Gasteiger partial charge in [-0.15, -0.1) is 0 Å². The quantitative estimate of drug-likeness (QED) is 0.0815.